The highest BCUT2D eigenvalue weighted by atomic mass is 32.2. The Morgan fingerprint density at radius 1 is 1.44 bits per heavy atom. The van der Waals surface area contributed by atoms with E-state index in [4.69, 9.17) is 15.2 Å². The Kier molecular flexibility index (Phi) is 4.98. The lowest BCUT2D eigenvalue weighted by Gasteiger charge is -2.47. The summed E-state index contributed by atoms with van der Waals surface area (Å²) in [6.45, 7) is 3.83. The molecule has 3 nitrogen and oxygen atoms in total. The molecule has 106 valence electrons. The summed E-state index contributed by atoms with van der Waals surface area (Å²) in [4.78, 5) is 0. The molecule has 0 aromatic heterocycles. The maximum absolute atomic E-state index is 6.53. The molecule has 2 saturated heterocycles. The van der Waals surface area contributed by atoms with Gasteiger partial charge in [-0.1, -0.05) is 0 Å². The van der Waals surface area contributed by atoms with Crippen molar-refractivity contribution in [1.82, 2.24) is 0 Å². The van der Waals surface area contributed by atoms with Crippen LogP contribution in [0.4, 0.5) is 0 Å². The standard InChI is InChI=1S/C14H27NO2S/c1-13(15,4-8-16-2)12-3-7-17-14(11-12)5-9-18-10-6-14/h12H,3-11,15H2,1-2H3. The zero-order chi connectivity index (χ0) is 13.1. The molecule has 2 atom stereocenters. The van der Waals surface area contributed by atoms with Crippen LogP contribution in [0.5, 0.6) is 0 Å². The Hall–Kier alpha value is 0.230. The van der Waals surface area contributed by atoms with Crippen molar-refractivity contribution in [3.8, 4) is 0 Å². The van der Waals surface area contributed by atoms with Gasteiger partial charge in [-0.2, -0.15) is 11.8 Å². The third-order valence-corrected chi connectivity index (χ3v) is 5.66. The van der Waals surface area contributed by atoms with E-state index in [1.807, 2.05) is 0 Å². The Morgan fingerprint density at radius 2 is 2.17 bits per heavy atom. The smallest absolute Gasteiger partial charge is 0.0701 e. The molecule has 0 amide bonds. The second-order valence-electron chi connectivity index (χ2n) is 6.08. The van der Waals surface area contributed by atoms with Crippen LogP contribution >= 0.6 is 11.8 Å². The van der Waals surface area contributed by atoms with Gasteiger partial charge in [0.1, 0.15) is 0 Å². The summed E-state index contributed by atoms with van der Waals surface area (Å²) < 4.78 is 11.3. The Balaban J connectivity index is 1.96. The van der Waals surface area contributed by atoms with Crippen molar-refractivity contribution in [2.75, 3.05) is 31.8 Å². The first-order valence-electron chi connectivity index (χ1n) is 7.08. The van der Waals surface area contributed by atoms with Crippen LogP contribution in [0.1, 0.15) is 39.0 Å². The minimum Gasteiger partial charge on any atom is -0.385 e. The first-order chi connectivity index (χ1) is 8.58. The van der Waals surface area contributed by atoms with Crippen molar-refractivity contribution in [3.63, 3.8) is 0 Å². The van der Waals surface area contributed by atoms with Crippen LogP contribution in [0.3, 0.4) is 0 Å². The molecule has 2 unspecified atom stereocenters. The van der Waals surface area contributed by atoms with Crippen LogP contribution < -0.4 is 5.73 Å². The van der Waals surface area contributed by atoms with Crippen LogP contribution in [0.2, 0.25) is 0 Å². The van der Waals surface area contributed by atoms with Gasteiger partial charge in [-0.05, 0) is 56.5 Å². The van der Waals surface area contributed by atoms with E-state index in [1.54, 1.807) is 7.11 Å². The van der Waals surface area contributed by atoms with E-state index in [2.05, 4.69) is 18.7 Å². The van der Waals surface area contributed by atoms with Crippen molar-refractivity contribution in [2.45, 2.75) is 50.2 Å². The van der Waals surface area contributed by atoms with Gasteiger partial charge < -0.3 is 15.2 Å². The van der Waals surface area contributed by atoms with Crippen LogP contribution in [0.15, 0.2) is 0 Å². The van der Waals surface area contributed by atoms with Crippen molar-refractivity contribution in [2.24, 2.45) is 11.7 Å². The number of hydrogen-bond donors (Lipinski definition) is 1. The summed E-state index contributed by atoms with van der Waals surface area (Å²) in [5.41, 5.74) is 6.55. The highest BCUT2D eigenvalue weighted by molar-refractivity contribution is 7.99. The van der Waals surface area contributed by atoms with Crippen LogP contribution in [0.25, 0.3) is 0 Å². The first-order valence-corrected chi connectivity index (χ1v) is 8.23. The molecule has 2 N–H and O–H groups in total. The Bertz CT molecular complexity index is 259. The molecule has 0 aromatic rings. The predicted molar refractivity (Wildman–Crippen MR) is 77.1 cm³/mol. The fraction of sp³-hybridized carbons (Fsp3) is 1.00. The molecule has 4 heteroatoms. The number of thioether (sulfide) groups is 1. The zero-order valence-electron chi connectivity index (χ0n) is 11.7. The molecule has 0 saturated carbocycles. The molecule has 2 aliphatic heterocycles. The van der Waals surface area contributed by atoms with E-state index in [0.29, 0.717) is 5.92 Å². The summed E-state index contributed by atoms with van der Waals surface area (Å²) in [5.74, 6) is 3.06. The van der Waals surface area contributed by atoms with Crippen LogP contribution in [0, 0.1) is 5.92 Å². The number of rotatable bonds is 4. The minimum atomic E-state index is -0.114. The normalized spacial score (nSPS) is 31.2. The highest BCUT2D eigenvalue weighted by Gasteiger charge is 2.43. The average molecular weight is 273 g/mol. The minimum absolute atomic E-state index is 0.114. The molecule has 18 heavy (non-hydrogen) atoms. The monoisotopic (exact) mass is 273 g/mol. The molecule has 2 aliphatic rings. The van der Waals surface area contributed by atoms with Gasteiger partial charge in [0.2, 0.25) is 0 Å². The summed E-state index contributed by atoms with van der Waals surface area (Å²) in [7, 11) is 1.75. The third-order valence-electron chi connectivity index (χ3n) is 4.67. The van der Waals surface area contributed by atoms with Gasteiger partial charge in [0.15, 0.2) is 0 Å². The van der Waals surface area contributed by atoms with E-state index in [9.17, 15) is 0 Å². The Labute approximate surface area is 115 Å². The van der Waals surface area contributed by atoms with E-state index < -0.39 is 0 Å². The topological polar surface area (TPSA) is 44.5 Å². The molecule has 0 bridgehead atoms. The third kappa shape index (κ3) is 3.41. The SMILES string of the molecule is COCCC(C)(N)C1CCOC2(CCSCC2)C1. The summed E-state index contributed by atoms with van der Waals surface area (Å²) in [6, 6.07) is 0. The molecule has 0 aliphatic carbocycles. The fourth-order valence-corrected chi connectivity index (χ4v) is 4.45. The van der Waals surface area contributed by atoms with Gasteiger partial charge in [-0.15, -0.1) is 0 Å². The van der Waals surface area contributed by atoms with Gasteiger partial charge in [-0.3, -0.25) is 0 Å². The van der Waals surface area contributed by atoms with Gasteiger partial charge in [0.25, 0.3) is 0 Å². The van der Waals surface area contributed by atoms with E-state index in [-0.39, 0.29) is 11.1 Å². The maximum Gasteiger partial charge on any atom is 0.0701 e. The number of nitrogens with two attached hydrogens (primary N) is 1. The molecule has 2 rings (SSSR count). The molecule has 1 spiro atoms. The van der Waals surface area contributed by atoms with E-state index in [1.165, 1.54) is 24.3 Å². The van der Waals surface area contributed by atoms with E-state index in [0.717, 1.165) is 32.5 Å². The summed E-state index contributed by atoms with van der Waals surface area (Å²) in [5, 5.41) is 0. The molecule has 2 fully saturated rings. The van der Waals surface area contributed by atoms with Crippen LogP contribution in [-0.2, 0) is 9.47 Å². The largest absolute Gasteiger partial charge is 0.385 e. The zero-order valence-corrected chi connectivity index (χ0v) is 12.6. The summed E-state index contributed by atoms with van der Waals surface area (Å²) >= 11 is 2.05. The number of hydrogen-bond acceptors (Lipinski definition) is 4. The molecular weight excluding hydrogens is 246 g/mol. The Morgan fingerprint density at radius 3 is 2.83 bits per heavy atom. The predicted octanol–water partition coefficient (Wildman–Crippen LogP) is 2.43. The van der Waals surface area contributed by atoms with Gasteiger partial charge >= 0.3 is 0 Å². The molecule has 0 radical (unpaired) electrons. The quantitative estimate of drug-likeness (QED) is 0.854. The van der Waals surface area contributed by atoms with Crippen molar-refractivity contribution < 1.29 is 9.47 Å². The number of methoxy groups -OCH3 is 1. The van der Waals surface area contributed by atoms with Crippen molar-refractivity contribution >= 4 is 11.8 Å². The fourth-order valence-electron chi connectivity index (χ4n) is 3.21. The van der Waals surface area contributed by atoms with Crippen LogP contribution in [-0.4, -0.2) is 43.0 Å². The van der Waals surface area contributed by atoms with Gasteiger partial charge in [0.05, 0.1) is 5.60 Å². The average Bonchev–Trinajstić information content (AvgIpc) is 2.37. The number of ether oxygens (including phenoxy) is 2. The molecule has 0 aromatic carbocycles. The van der Waals surface area contributed by atoms with Gasteiger partial charge in [-0.25, -0.2) is 0 Å². The highest BCUT2D eigenvalue weighted by Crippen LogP contribution is 2.42. The summed E-state index contributed by atoms with van der Waals surface area (Å²) in [6.07, 6.45) is 5.60. The first kappa shape index (κ1) is 14.6. The lowest BCUT2D eigenvalue weighted by atomic mass is 9.72. The lowest BCUT2D eigenvalue weighted by molar-refractivity contribution is -0.113. The van der Waals surface area contributed by atoms with Gasteiger partial charge in [0, 0.05) is 25.9 Å². The lowest BCUT2D eigenvalue weighted by Crippen LogP contribution is -2.53. The van der Waals surface area contributed by atoms with Crippen molar-refractivity contribution in [1.29, 1.82) is 0 Å². The maximum atomic E-state index is 6.53. The second-order valence-corrected chi connectivity index (χ2v) is 7.31. The van der Waals surface area contributed by atoms with E-state index >= 15 is 0 Å². The second kappa shape index (κ2) is 6.12. The molecule has 2 heterocycles. The van der Waals surface area contributed by atoms with Crippen molar-refractivity contribution in [3.05, 3.63) is 0 Å². The molecular formula is C14H27NO2S.